The fourth-order valence-electron chi connectivity index (χ4n) is 2.60. The fraction of sp³-hybridized carbons (Fsp3) is 0.562. The van der Waals surface area contributed by atoms with Gasteiger partial charge in [0.05, 0.1) is 12.1 Å². The number of amides is 1. The Kier molecular flexibility index (Phi) is 5.01. The molecule has 2 rings (SSSR count). The van der Waals surface area contributed by atoms with E-state index in [4.69, 9.17) is 4.74 Å². The molecule has 1 amide bonds. The van der Waals surface area contributed by atoms with Crippen LogP contribution in [0.3, 0.4) is 0 Å². The molecule has 20 heavy (non-hydrogen) atoms. The standard InChI is InChI=1S/C16H24N2O2/c1-3-11-20-14-8-5-7-13(12-14)18-15(19)16(4-2)9-6-10-17-16/h5,7-8,12,17H,3-4,6,9-11H2,1-2H3,(H,18,19). The molecule has 1 saturated heterocycles. The molecule has 1 aromatic rings. The van der Waals surface area contributed by atoms with Gasteiger partial charge in [-0.15, -0.1) is 0 Å². The van der Waals surface area contributed by atoms with E-state index in [2.05, 4.69) is 24.5 Å². The normalized spacial score (nSPS) is 21.7. The number of benzene rings is 1. The Labute approximate surface area is 120 Å². The Morgan fingerprint density at radius 3 is 2.95 bits per heavy atom. The first-order valence-corrected chi connectivity index (χ1v) is 7.49. The molecule has 0 saturated carbocycles. The molecule has 0 radical (unpaired) electrons. The van der Waals surface area contributed by atoms with Crippen LogP contribution in [0.5, 0.6) is 5.75 Å². The van der Waals surface area contributed by atoms with E-state index in [0.717, 1.165) is 43.7 Å². The zero-order valence-corrected chi connectivity index (χ0v) is 12.4. The van der Waals surface area contributed by atoms with Gasteiger partial charge in [-0.25, -0.2) is 0 Å². The monoisotopic (exact) mass is 276 g/mol. The summed E-state index contributed by atoms with van der Waals surface area (Å²) >= 11 is 0. The Morgan fingerprint density at radius 2 is 2.30 bits per heavy atom. The minimum Gasteiger partial charge on any atom is -0.494 e. The molecule has 1 unspecified atom stereocenters. The van der Waals surface area contributed by atoms with Crippen LogP contribution in [-0.4, -0.2) is 24.6 Å². The largest absolute Gasteiger partial charge is 0.494 e. The fourth-order valence-corrected chi connectivity index (χ4v) is 2.60. The summed E-state index contributed by atoms with van der Waals surface area (Å²) in [6.07, 6.45) is 3.74. The van der Waals surface area contributed by atoms with Crippen molar-refractivity contribution in [2.45, 2.75) is 45.1 Å². The maximum atomic E-state index is 12.5. The number of carbonyl (C=O) groups is 1. The van der Waals surface area contributed by atoms with Crippen molar-refractivity contribution in [3.63, 3.8) is 0 Å². The van der Waals surface area contributed by atoms with Crippen molar-refractivity contribution in [2.75, 3.05) is 18.5 Å². The molecule has 1 aliphatic heterocycles. The number of hydrogen-bond donors (Lipinski definition) is 2. The van der Waals surface area contributed by atoms with E-state index in [1.807, 2.05) is 24.3 Å². The highest BCUT2D eigenvalue weighted by molar-refractivity contribution is 5.98. The molecular formula is C16H24N2O2. The third-order valence-electron chi connectivity index (χ3n) is 3.85. The van der Waals surface area contributed by atoms with Crippen LogP contribution in [0.25, 0.3) is 0 Å². The van der Waals surface area contributed by atoms with Crippen molar-refractivity contribution >= 4 is 11.6 Å². The van der Waals surface area contributed by atoms with Crippen molar-refractivity contribution in [1.82, 2.24) is 5.32 Å². The SMILES string of the molecule is CCCOc1cccc(NC(=O)C2(CC)CCCN2)c1. The number of carbonyl (C=O) groups excluding carboxylic acids is 1. The molecule has 110 valence electrons. The highest BCUT2D eigenvalue weighted by Gasteiger charge is 2.39. The zero-order valence-electron chi connectivity index (χ0n) is 12.4. The summed E-state index contributed by atoms with van der Waals surface area (Å²) in [7, 11) is 0. The summed E-state index contributed by atoms with van der Waals surface area (Å²) in [6.45, 7) is 5.74. The van der Waals surface area contributed by atoms with Crippen LogP contribution in [0.15, 0.2) is 24.3 Å². The molecule has 0 spiro atoms. The third kappa shape index (κ3) is 3.31. The van der Waals surface area contributed by atoms with Gasteiger partial charge < -0.3 is 15.4 Å². The predicted octanol–water partition coefficient (Wildman–Crippen LogP) is 2.95. The summed E-state index contributed by atoms with van der Waals surface area (Å²) in [4.78, 5) is 12.5. The van der Waals surface area contributed by atoms with Gasteiger partial charge in [-0.05, 0) is 44.4 Å². The molecule has 4 heteroatoms. The Morgan fingerprint density at radius 1 is 1.45 bits per heavy atom. The molecule has 1 heterocycles. The second-order valence-corrected chi connectivity index (χ2v) is 5.30. The third-order valence-corrected chi connectivity index (χ3v) is 3.85. The summed E-state index contributed by atoms with van der Waals surface area (Å²) in [5, 5.41) is 6.36. The number of ether oxygens (including phenoxy) is 1. The minimum atomic E-state index is -0.402. The van der Waals surface area contributed by atoms with Crippen LogP contribution in [0.4, 0.5) is 5.69 Å². The summed E-state index contributed by atoms with van der Waals surface area (Å²) in [6, 6.07) is 7.59. The van der Waals surface area contributed by atoms with E-state index in [1.54, 1.807) is 0 Å². The van der Waals surface area contributed by atoms with Crippen molar-refractivity contribution < 1.29 is 9.53 Å². The van der Waals surface area contributed by atoms with Crippen molar-refractivity contribution in [2.24, 2.45) is 0 Å². The van der Waals surface area contributed by atoms with Gasteiger partial charge in [0.25, 0.3) is 0 Å². The van der Waals surface area contributed by atoms with Gasteiger partial charge in [0, 0.05) is 11.8 Å². The maximum absolute atomic E-state index is 12.5. The number of hydrogen-bond acceptors (Lipinski definition) is 3. The van der Waals surface area contributed by atoms with Gasteiger partial charge in [-0.3, -0.25) is 4.79 Å². The molecule has 0 bridgehead atoms. The maximum Gasteiger partial charge on any atom is 0.244 e. The predicted molar refractivity (Wildman–Crippen MR) is 81.1 cm³/mol. The Hall–Kier alpha value is -1.55. The number of rotatable bonds is 6. The van der Waals surface area contributed by atoms with Gasteiger partial charge >= 0.3 is 0 Å². The summed E-state index contributed by atoms with van der Waals surface area (Å²) < 4.78 is 5.59. The average Bonchev–Trinajstić information content (AvgIpc) is 2.95. The van der Waals surface area contributed by atoms with Crippen LogP contribution in [-0.2, 0) is 4.79 Å². The topological polar surface area (TPSA) is 50.4 Å². The van der Waals surface area contributed by atoms with Gasteiger partial charge in [0.1, 0.15) is 5.75 Å². The van der Waals surface area contributed by atoms with E-state index in [-0.39, 0.29) is 5.91 Å². The highest BCUT2D eigenvalue weighted by atomic mass is 16.5. The van der Waals surface area contributed by atoms with Gasteiger partial charge in [0.15, 0.2) is 0 Å². The lowest BCUT2D eigenvalue weighted by atomic mass is 9.93. The minimum absolute atomic E-state index is 0.0603. The lowest BCUT2D eigenvalue weighted by Gasteiger charge is -2.26. The Balaban J connectivity index is 2.03. The van der Waals surface area contributed by atoms with E-state index >= 15 is 0 Å². The summed E-state index contributed by atoms with van der Waals surface area (Å²) in [5.74, 6) is 0.861. The van der Waals surface area contributed by atoms with Crippen LogP contribution in [0.2, 0.25) is 0 Å². The quantitative estimate of drug-likeness (QED) is 0.840. The van der Waals surface area contributed by atoms with E-state index in [1.165, 1.54) is 0 Å². The van der Waals surface area contributed by atoms with Crippen molar-refractivity contribution in [3.8, 4) is 5.75 Å². The van der Waals surface area contributed by atoms with Crippen LogP contribution < -0.4 is 15.4 Å². The van der Waals surface area contributed by atoms with Crippen LogP contribution >= 0.6 is 0 Å². The van der Waals surface area contributed by atoms with Crippen molar-refractivity contribution in [1.29, 1.82) is 0 Å². The summed E-state index contributed by atoms with van der Waals surface area (Å²) in [5.41, 5.74) is 0.394. The molecule has 0 aromatic heterocycles. The molecule has 1 atom stereocenters. The van der Waals surface area contributed by atoms with E-state index in [0.29, 0.717) is 6.61 Å². The van der Waals surface area contributed by atoms with Crippen LogP contribution in [0.1, 0.15) is 39.5 Å². The number of nitrogens with one attached hydrogen (secondary N) is 2. The van der Waals surface area contributed by atoms with E-state index in [9.17, 15) is 4.79 Å². The molecule has 1 aromatic carbocycles. The average molecular weight is 276 g/mol. The molecular weight excluding hydrogens is 252 g/mol. The van der Waals surface area contributed by atoms with Gasteiger partial charge in [-0.2, -0.15) is 0 Å². The smallest absolute Gasteiger partial charge is 0.244 e. The molecule has 1 aliphatic rings. The second kappa shape index (κ2) is 6.75. The van der Waals surface area contributed by atoms with Gasteiger partial charge in [0.2, 0.25) is 5.91 Å². The van der Waals surface area contributed by atoms with Crippen LogP contribution in [0, 0.1) is 0 Å². The first-order valence-electron chi connectivity index (χ1n) is 7.49. The molecule has 1 fully saturated rings. The first-order chi connectivity index (χ1) is 9.70. The zero-order chi connectivity index (χ0) is 14.4. The first kappa shape index (κ1) is 14.9. The molecule has 2 N–H and O–H groups in total. The lowest BCUT2D eigenvalue weighted by Crippen LogP contribution is -2.50. The molecule has 4 nitrogen and oxygen atoms in total. The lowest BCUT2D eigenvalue weighted by molar-refractivity contribution is -0.122. The second-order valence-electron chi connectivity index (χ2n) is 5.30. The van der Waals surface area contributed by atoms with Crippen molar-refractivity contribution in [3.05, 3.63) is 24.3 Å². The van der Waals surface area contributed by atoms with Gasteiger partial charge in [-0.1, -0.05) is 19.9 Å². The highest BCUT2D eigenvalue weighted by Crippen LogP contribution is 2.26. The number of anilines is 1. The Bertz CT molecular complexity index is 454. The van der Waals surface area contributed by atoms with E-state index < -0.39 is 5.54 Å². The molecule has 0 aliphatic carbocycles.